The summed E-state index contributed by atoms with van der Waals surface area (Å²) in [7, 11) is 0. The van der Waals surface area contributed by atoms with Crippen LogP contribution in [0.5, 0.6) is 0 Å². The smallest absolute Gasteiger partial charge is 0.325 e. The van der Waals surface area contributed by atoms with Crippen LogP contribution in [-0.4, -0.2) is 17.8 Å². The van der Waals surface area contributed by atoms with Gasteiger partial charge in [-0.05, 0) is 19.4 Å². The minimum absolute atomic E-state index is 0.272. The molecule has 2 aliphatic rings. The van der Waals surface area contributed by atoms with Gasteiger partial charge in [-0.2, -0.15) is 0 Å². The van der Waals surface area contributed by atoms with Gasteiger partial charge in [0.25, 0.3) is 0 Å². The van der Waals surface area contributed by atoms with Crippen molar-refractivity contribution >= 4 is 23.5 Å². The molecule has 70 valence electrons. The largest absolute Gasteiger partial charge is 0.392 e. The average Bonchev–Trinajstić information content (AvgIpc) is 2.20. The number of cyclic esters (lactones) is 2. The summed E-state index contributed by atoms with van der Waals surface area (Å²) in [6, 6.07) is 0. The third-order valence-electron chi connectivity index (χ3n) is 3.31. The number of carbonyl (C=O) groups excluding carboxylic acids is 2. The highest BCUT2D eigenvalue weighted by Crippen LogP contribution is 2.60. The van der Waals surface area contributed by atoms with Crippen LogP contribution in [0.2, 0.25) is 0 Å². The molecule has 3 nitrogen and oxygen atoms in total. The van der Waals surface area contributed by atoms with Gasteiger partial charge in [-0.3, -0.25) is 9.59 Å². The van der Waals surface area contributed by atoms with Crippen LogP contribution in [0.4, 0.5) is 0 Å². The first-order valence-electron chi connectivity index (χ1n) is 4.01. The minimum Gasteiger partial charge on any atom is -0.392 e. The van der Waals surface area contributed by atoms with Crippen molar-refractivity contribution in [2.75, 3.05) is 5.88 Å². The molecular weight excluding hydrogens is 192 g/mol. The Kier molecular flexibility index (Phi) is 1.45. The number of alkyl halides is 1. The second-order valence-corrected chi connectivity index (χ2v) is 4.07. The van der Waals surface area contributed by atoms with Gasteiger partial charge in [0, 0.05) is 5.88 Å². The summed E-state index contributed by atoms with van der Waals surface area (Å²) < 4.78 is 4.60. The Morgan fingerprint density at radius 3 is 2.46 bits per heavy atom. The SMILES string of the molecule is CC12C=C(CCl)C1(C)C(=O)OC2=O. The average molecular weight is 201 g/mol. The van der Waals surface area contributed by atoms with Crippen LogP contribution in [0.1, 0.15) is 13.8 Å². The van der Waals surface area contributed by atoms with Crippen LogP contribution in [-0.2, 0) is 14.3 Å². The van der Waals surface area contributed by atoms with E-state index in [1.807, 2.05) is 0 Å². The molecule has 0 amide bonds. The van der Waals surface area contributed by atoms with Gasteiger partial charge in [0.1, 0.15) is 10.8 Å². The number of carbonyl (C=O) groups is 2. The molecule has 0 aromatic heterocycles. The molecule has 0 aromatic carbocycles. The zero-order valence-electron chi connectivity index (χ0n) is 7.39. The molecule has 13 heavy (non-hydrogen) atoms. The predicted molar refractivity (Wildman–Crippen MR) is 46.1 cm³/mol. The molecule has 0 radical (unpaired) electrons. The van der Waals surface area contributed by atoms with Gasteiger partial charge in [0.2, 0.25) is 0 Å². The van der Waals surface area contributed by atoms with Crippen LogP contribution in [0.25, 0.3) is 0 Å². The summed E-state index contributed by atoms with van der Waals surface area (Å²) in [5.41, 5.74) is -0.812. The highest BCUT2D eigenvalue weighted by molar-refractivity contribution is 6.21. The summed E-state index contributed by atoms with van der Waals surface area (Å²) in [4.78, 5) is 22.7. The first-order valence-corrected chi connectivity index (χ1v) is 4.55. The van der Waals surface area contributed by atoms with Crippen LogP contribution in [0, 0.1) is 10.8 Å². The summed E-state index contributed by atoms with van der Waals surface area (Å²) in [5, 5.41) is 0. The van der Waals surface area contributed by atoms with Gasteiger partial charge in [-0.15, -0.1) is 11.6 Å². The van der Waals surface area contributed by atoms with E-state index in [1.54, 1.807) is 19.9 Å². The van der Waals surface area contributed by atoms with Crippen molar-refractivity contribution in [1.29, 1.82) is 0 Å². The van der Waals surface area contributed by atoms with Crippen LogP contribution in [0.15, 0.2) is 11.6 Å². The normalized spacial score (nSPS) is 42.2. The fourth-order valence-corrected chi connectivity index (χ4v) is 2.31. The quantitative estimate of drug-likeness (QED) is 0.277. The summed E-state index contributed by atoms with van der Waals surface area (Å²) in [6.07, 6.45) is 1.73. The zero-order valence-corrected chi connectivity index (χ0v) is 8.14. The second-order valence-electron chi connectivity index (χ2n) is 3.81. The molecular formula is C9H9ClO3. The predicted octanol–water partition coefficient (Wildman–Crippen LogP) is 1.26. The molecule has 0 bridgehead atoms. The monoisotopic (exact) mass is 200 g/mol. The van der Waals surface area contributed by atoms with E-state index in [1.165, 1.54) is 0 Å². The first kappa shape index (κ1) is 8.75. The fraction of sp³-hybridized carbons (Fsp3) is 0.556. The maximum Gasteiger partial charge on any atom is 0.325 e. The van der Waals surface area contributed by atoms with E-state index in [2.05, 4.69) is 4.74 Å². The third kappa shape index (κ3) is 0.680. The summed E-state index contributed by atoms with van der Waals surface area (Å²) >= 11 is 5.65. The third-order valence-corrected chi connectivity index (χ3v) is 3.59. The molecule has 1 fully saturated rings. The Morgan fingerprint density at radius 2 is 2.00 bits per heavy atom. The number of hydrogen-bond donors (Lipinski definition) is 0. The van der Waals surface area contributed by atoms with Gasteiger partial charge in [-0.1, -0.05) is 6.08 Å². The fourth-order valence-electron chi connectivity index (χ4n) is 1.96. The van der Waals surface area contributed by atoms with Crippen molar-refractivity contribution < 1.29 is 14.3 Å². The van der Waals surface area contributed by atoms with Gasteiger partial charge in [-0.25, -0.2) is 0 Å². The van der Waals surface area contributed by atoms with E-state index in [4.69, 9.17) is 11.6 Å². The minimum atomic E-state index is -0.814. The standard InChI is InChI=1S/C9H9ClO3/c1-8-3-5(4-10)9(8,2)7(12)13-6(8)11/h3H,4H2,1-2H3. The summed E-state index contributed by atoms with van der Waals surface area (Å²) in [5.74, 6) is -0.666. The van der Waals surface area contributed by atoms with Crippen molar-refractivity contribution in [2.24, 2.45) is 10.8 Å². The lowest BCUT2D eigenvalue weighted by Gasteiger charge is -2.42. The lowest BCUT2D eigenvalue weighted by molar-refractivity contribution is -0.154. The lowest BCUT2D eigenvalue weighted by Crippen LogP contribution is -2.48. The van der Waals surface area contributed by atoms with E-state index in [0.29, 0.717) is 0 Å². The number of fused-ring (bicyclic) bond motifs is 1. The van der Waals surface area contributed by atoms with Crippen molar-refractivity contribution in [3.8, 4) is 0 Å². The number of ether oxygens (including phenoxy) is 1. The maximum absolute atomic E-state index is 11.4. The molecule has 1 heterocycles. The molecule has 2 unspecified atom stereocenters. The molecule has 0 spiro atoms. The van der Waals surface area contributed by atoms with Crippen molar-refractivity contribution in [3.63, 3.8) is 0 Å². The zero-order chi connectivity index (χ0) is 9.85. The Balaban J connectivity index is 2.55. The van der Waals surface area contributed by atoms with Crippen LogP contribution in [0.3, 0.4) is 0 Å². The highest BCUT2D eigenvalue weighted by Gasteiger charge is 2.69. The van der Waals surface area contributed by atoms with Gasteiger partial charge >= 0.3 is 11.9 Å². The Hall–Kier alpha value is -0.830. The van der Waals surface area contributed by atoms with Crippen LogP contribution >= 0.6 is 11.6 Å². The number of esters is 2. The lowest BCUT2D eigenvalue weighted by atomic mass is 9.54. The van der Waals surface area contributed by atoms with Gasteiger partial charge in [0.05, 0.1) is 0 Å². The molecule has 1 aliphatic carbocycles. The second kappa shape index (κ2) is 2.15. The Bertz CT molecular complexity index is 347. The Morgan fingerprint density at radius 1 is 1.38 bits per heavy atom. The molecule has 0 saturated carbocycles. The van der Waals surface area contributed by atoms with Crippen molar-refractivity contribution in [1.82, 2.24) is 0 Å². The van der Waals surface area contributed by atoms with E-state index in [9.17, 15) is 9.59 Å². The van der Waals surface area contributed by atoms with E-state index < -0.39 is 22.8 Å². The molecule has 0 N–H and O–H groups in total. The Labute approximate surface area is 80.7 Å². The van der Waals surface area contributed by atoms with Gasteiger partial charge in [0.15, 0.2) is 0 Å². The molecule has 1 aliphatic heterocycles. The number of halogens is 1. The maximum atomic E-state index is 11.4. The molecule has 2 atom stereocenters. The first-order chi connectivity index (χ1) is 5.96. The van der Waals surface area contributed by atoms with E-state index >= 15 is 0 Å². The van der Waals surface area contributed by atoms with Crippen molar-refractivity contribution in [2.45, 2.75) is 13.8 Å². The number of rotatable bonds is 1. The molecule has 1 saturated heterocycles. The van der Waals surface area contributed by atoms with Crippen LogP contribution < -0.4 is 0 Å². The van der Waals surface area contributed by atoms with Crippen molar-refractivity contribution in [3.05, 3.63) is 11.6 Å². The molecule has 4 heteroatoms. The van der Waals surface area contributed by atoms with Gasteiger partial charge < -0.3 is 4.74 Å². The molecule has 2 rings (SSSR count). The summed E-state index contributed by atoms with van der Waals surface area (Å²) in [6.45, 7) is 3.41. The van der Waals surface area contributed by atoms with E-state index in [0.717, 1.165) is 5.57 Å². The van der Waals surface area contributed by atoms with E-state index in [-0.39, 0.29) is 5.88 Å². The molecule has 0 aromatic rings. The number of hydrogen-bond acceptors (Lipinski definition) is 3. The topological polar surface area (TPSA) is 43.4 Å². The highest BCUT2D eigenvalue weighted by atomic mass is 35.5.